The molecule has 0 aliphatic heterocycles. The fraction of sp³-hybridized carbons (Fsp3) is 0. The highest BCUT2D eigenvalue weighted by atomic mass is 79.9. The molecule has 0 radical (unpaired) electrons. The van der Waals surface area contributed by atoms with Gasteiger partial charge in [0, 0.05) is 28.1 Å². The number of carbonyl (C=O) groups is 1. The average Bonchev–Trinajstić information content (AvgIpc) is 3.02. The lowest BCUT2D eigenvalue weighted by molar-refractivity contribution is 0.0697. The molecule has 0 bridgehead atoms. The predicted octanol–water partition coefficient (Wildman–Crippen LogP) is 4.31. The van der Waals surface area contributed by atoms with Crippen LogP contribution < -0.4 is 5.32 Å². The van der Waals surface area contributed by atoms with Gasteiger partial charge in [0.1, 0.15) is 17.3 Å². The van der Waals surface area contributed by atoms with Crippen molar-refractivity contribution in [2.45, 2.75) is 0 Å². The molecule has 0 atom stereocenters. The number of carboxylic acids is 1. The third-order valence-corrected chi connectivity index (χ3v) is 4.53. The maximum atomic E-state index is 11.0. The summed E-state index contributed by atoms with van der Waals surface area (Å²) in [4.78, 5) is 19.7. The van der Waals surface area contributed by atoms with E-state index in [2.05, 4.69) is 31.2 Å². The molecule has 0 saturated heterocycles. The number of phenols is 1. The Bertz CT molecular complexity index is 1160. The van der Waals surface area contributed by atoms with Gasteiger partial charge in [-0.1, -0.05) is 15.9 Å². The van der Waals surface area contributed by atoms with Crippen LogP contribution in [0, 0.1) is 0 Å². The summed E-state index contributed by atoms with van der Waals surface area (Å²) in [5.41, 5.74) is 2.60. The van der Waals surface area contributed by atoms with Crippen molar-refractivity contribution in [3.63, 3.8) is 0 Å². The van der Waals surface area contributed by atoms with Gasteiger partial charge in [0.05, 0.1) is 11.8 Å². The van der Waals surface area contributed by atoms with Crippen molar-refractivity contribution in [3.05, 3.63) is 71.1 Å². The number of aromatic nitrogens is 3. The van der Waals surface area contributed by atoms with Crippen LogP contribution in [-0.4, -0.2) is 30.6 Å². The molecule has 0 unspecified atom stereocenters. The molecule has 7 nitrogen and oxygen atoms in total. The first-order valence-electron chi connectivity index (χ1n) is 7.94. The minimum absolute atomic E-state index is 0.0961. The number of benzene rings is 2. The van der Waals surface area contributed by atoms with Gasteiger partial charge in [-0.05, 0) is 42.5 Å². The number of aromatic carboxylic acids is 1. The Balaban J connectivity index is 1.85. The molecule has 4 aromatic rings. The monoisotopic (exact) mass is 424 g/mol. The number of imidazole rings is 1. The molecule has 0 saturated carbocycles. The number of anilines is 2. The molecule has 2 aromatic heterocycles. The minimum Gasteiger partial charge on any atom is -0.507 e. The second kappa shape index (κ2) is 6.73. The Hall–Kier alpha value is -3.39. The van der Waals surface area contributed by atoms with Crippen LogP contribution in [0.5, 0.6) is 5.75 Å². The summed E-state index contributed by atoms with van der Waals surface area (Å²) in [6.45, 7) is 0. The van der Waals surface area contributed by atoms with Crippen molar-refractivity contribution in [3.8, 4) is 17.0 Å². The molecule has 0 aliphatic rings. The fourth-order valence-electron chi connectivity index (χ4n) is 2.74. The number of aromatic hydroxyl groups is 1. The number of halogens is 1. The SMILES string of the molecule is O=C(O)c1ccc(Nc2c(-c3cc(Br)ccc3O)nc3cnccn23)cc1. The molecule has 0 fully saturated rings. The van der Waals surface area contributed by atoms with Crippen LogP contribution in [0.25, 0.3) is 16.9 Å². The Morgan fingerprint density at radius 3 is 2.67 bits per heavy atom. The fourth-order valence-corrected chi connectivity index (χ4v) is 3.11. The summed E-state index contributed by atoms with van der Waals surface area (Å²) in [6, 6.07) is 11.5. The number of hydrogen-bond donors (Lipinski definition) is 3. The largest absolute Gasteiger partial charge is 0.507 e. The number of phenolic OH excluding ortho intramolecular Hbond substituents is 1. The molecule has 134 valence electrons. The van der Waals surface area contributed by atoms with Crippen LogP contribution in [-0.2, 0) is 0 Å². The lowest BCUT2D eigenvalue weighted by Crippen LogP contribution is -1.99. The van der Waals surface area contributed by atoms with Crippen molar-refractivity contribution in [2.24, 2.45) is 0 Å². The Labute approximate surface area is 162 Å². The normalized spacial score (nSPS) is 10.9. The van der Waals surface area contributed by atoms with Gasteiger partial charge < -0.3 is 15.5 Å². The van der Waals surface area contributed by atoms with Gasteiger partial charge in [-0.25, -0.2) is 9.78 Å². The van der Waals surface area contributed by atoms with Crippen molar-refractivity contribution < 1.29 is 15.0 Å². The average molecular weight is 425 g/mol. The van der Waals surface area contributed by atoms with Gasteiger partial charge in [-0.3, -0.25) is 9.38 Å². The third kappa shape index (κ3) is 3.22. The van der Waals surface area contributed by atoms with Crippen LogP contribution in [0.4, 0.5) is 11.5 Å². The molecular formula is C19H13BrN4O3. The third-order valence-electron chi connectivity index (χ3n) is 4.04. The van der Waals surface area contributed by atoms with Gasteiger partial charge in [0.25, 0.3) is 0 Å². The molecule has 0 aliphatic carbocycles. The van der Waals surface area contributed by atoms with E-state index in [-0.39, 0.29) is 11.3 Å². The van der Waals surface area contributed by atoms with E-state index in [0.29, 0.717) is 28.4 Å². The van der Waals surface area contributed by atoms with E-state index in [4.69, 9.17) is 5.11 Å². The zero-order valence-electron chi connectivity index (χ0n) is 13.8. The van der Waals surface area contributed by atoms with Crippen molar-refractivity contribution >= 4 is 39.1 Å². The first-order chi connectivity index (χ1) is 13.0. The van der Waals surface area contributed by atoms with E-state index in [9.17, 15) is 9.90 Å². The summed E-state index contributed by atoms with van der Waals surface area (Å²) in [5.74, 6) is -0.259. The highest BCUT2D eigenvalue weighted by Crippen LogP contribution is 2.37. The zero-order chi connectivity index (χ0) is 19.0. The van der Waals surface area contributed by atoms with E-state index in [1.165, 1.54) is 12.1 Å². The lowest BCUT2D eigenvalue weighted by Gasteiger charge is -2.10. The van der Waals surface area contributed by atoms with Gasteiger partial charge in [-0.15, -0.1) is 0 Å². The number of carboxylic acid groups (broad SMARTS) is 1. The number of nitrogens with one attached hydrogen (secondary N) is 1. The molecule has 0 amide bonds. The Morgan fingerprint density at radius 2 is 1.93 bits per heavy atom. The lowest BCUT2D eigenvalue weighted by atomic mass is 10.1. The highest BCUT2D eigenvalue weighted by Gasteiger charge is 2.18. The molecule has 3 N–H and O–H groups in total. The molecule has 8 heteroatoms. The quantitative estimate of drug-likeness (QED) is 0.451. The van der Waals surface area contributed by atoms with Crippen molar-refractivity contribution in [1.29, 1.82) is 0 Å². The number of nitrogens with zero attached hydrogens (tertiary/aromatic N) is 3. The molecule has 2 aromatic carbocycles. The van der Waals surface area contributed by atoms with Gasteiger partial charge in [-0.2, -0.15) is 0 Å². The number of rotatable bonds is 4. The van der Waals surface area contributed by atoms with Gasteiger partial charge in [0.15, 0.2) is 5.65 Å². The molecule has 27 heavy (non-hydrogen) atoms. The van der Waals surface area contributed by atoms with Gasteiger partial charge >= 0.3 is 5.97 Å². The molecule has 0 spiro atoms. The summed E-state index contributed by atoms with van der Waals surface area (Å²) in [7, 11) is 0. The van der Waals surface area contributed by atoms with E-state index in [0.717, 1.165) is 4.47 Å². The van der Waals surface area contributed by atoms with Gasteiger partial charge in [0.2, 0.25) is 0 Å². The van der Waals surface area contributed by atoms with E-state index in [1.807, 2.05) is 4.40 Å². The summed E-state index contributed by atoms with van der Waals surface area (Å²) in [5, 5.41) is 22.6. The number of hydrogen-bond acceptors (Lipinski definition) is 5. The maximum Gasteiger partial charge on any atom is 0.335 e. The summed E-state index contributed by atoms with van der Waals surface area (Å²) in [6.07, 6.45) is 5.02. The standard InChI is InChI=1S/C19H13BrN4O3/c20-12-3-6-15(25)14(9-12)17-18(24-8-7-21-10-16(24)23-17)22-13-4-1-11(2-5-13)19(26)27/h1-10,22,25H,(H,26,27). The van der Waals surface area contributed by atoms with Crippen LogP contribution in [0.2, 0.25) is 0 Å². The van der Waals surface area contributed by atoms with E-state index in [1.54, 1.807) is 48.9 Å². The van der Waals surface area contributed by atoms with Crippen LogP contribution in [0.3, 0.4) is 0 Å². The molecular weight excluding hydrogens is 412 g/mol. The zero-order valence-corrected chi connectivity index (χ0v) is 15.4. The summed E-state index contributed by atoms with van der Waals surface area (Å²) >= 11 is 3.42. The first-order valence-corrected chi connectivity index (χ1v) is 8.73. The predicted molar refractivity (Wildman–Crippen MR) is 104 cm³/mol. The summed E-state index contributed by atoms with van der Waals surface area (Å²) < 4.78 is 2.62. The highest BCUT2D eigenvalue weighted by molar-refractivity contribution is 9.10. The topological polar surface area (TPSA) is 99.8 Å². The van der Waals surface area contributed by atoms with Crippen LogP contribution in [0.1, 0.15) is 10.4 Å². The number of fused-ring (bicyclic) bond motifs is 1. The molecule has 4 rings (SSSR count). The Kier molecular flexibility index (Phi) is 4.25. The minimum atomic E-state index is -0.984. The van der Waals surface area contributed by atoms with Crippen LogP contribution >= 0.6 is 15.9 Å². The first kappa shape index (κ1) is 17.0. The van der Waals surface area contributed by atoms with Crippen molar-refractivity contribution in [2.75, 3.05) is 5.32 Å². The Morgan fingerprint density at radius 1 is 1.15 bits per heavy atom. The molecule has 2 heterocycles. The van der Waals surface area contributed by atoms with Crippen molar-refractivity contribution in [1.82, 2.24) is 14.4 Å². The van der Waals surface area contributed by atoms with E-state index < -0.39 is 5.97 Å². The smallest absolute Gasteiger partial charge is 0.335 e. The van der Waals surface area contributed by atoms with Crippen LogP contribution in [0.15, 0.2) is 65.5 Å². The second-order valence-corrected chi connectivity index (χ2v) is 6.70. The van der Waals surface area contributed by atoms with E-state index >= 15 is 0 Å². The maximum absolute atomic E-state index is 11.0. The second-order valence-electron chi connectivity index (χ2n) is 5.78.